The zero-order valence-corrected chi connectivity index (χ0v) is 16.1. The van der Waals surface area contributed by atoms with Crippen molar-refractivity contribution < 1.29 is 31.1 Å². The Balaban J connectivity index is 2.12. The summed E-state index contributed by atoms with van der Waals surface area (Å²) in [5.74, 6) is -0.608. The van der Waals surface area contributed by atoms with E-state index in [1.807, 2.05) is 0 Å². The van der Waals surface area contributed by atoms with Crippen LogP contribution in [0.3, 0.4) is 0 Å². The van der Waals surface area contributed by atoms with Crippen LogP contribution in [0.15, 0.2) is 47.4 Å². The van der Waals surface area contributed by atoms with Crippen molar-refractivity contribution in [1.82, 2.24) is 4.72 Å². The van der Waals surface area contributed by atoms with Gasteiger partial charge in [-0.15, -0.1) is 0 Å². The molecule has 1 atom stereocenters. The summed E-state index contributed by atoms with van der Waals surface area (Å²) in [5, 5.41) is 2.37. The Morgan fingerprint density at radius 1 is 1.11 bits per heavy atom. The minimum atomic E-state index is -4.49. The lowest BCUT2D eigenvalue weighted by molar-refractivity contribution is -0.137. The SMILES string of the molecule is COc1ccc(C)cc1S(=O)(=O)N[C@H](C)C(=O)Nc1ccc(C(F)(F)F)cc1. The number of hydrogen-bond donors (Lipinski definition) is 2. The number of alkyl halides is 3. The predicted molar refractivity (Wildman–Crippen MR) is 97.6 cm³/mol. The summed E-state index contributed by atoms with van der Waals surface area (Å²) in [4.78, 5) is 12.1. The van der Waals surface area contributed by atoms with Gasteiger partial charge in [-0.2, -0.15) is 17.9 Å². The van der Waals surface area contributed by atoms with E-state index in [9.17, 15) is 26.4 Å². The molecular weight excluding hydrogens is 397 g/mol. The number of halogens is 3. The number of hydrogen-bond acceptors (Lipinski definition) is 4. The summed E-state index contributed by atoms with van der Waals surface area (Å²) in [6.45, 7) is 3.03. The molecule has 0 heterocycles. The number of anilines is 1. The molecule has 6 nitrogen and oxygen atoms in total. The van der Waals surface area contributed by atoms with Crippen LogP contribution in [0, 0.1) is 6.92 Å². The zero-order valence-electron chi connectivity index (χ0n) is 15.3. The molecule has 2 rings (SSSR count). The Kier molecular flexibility index (Phi) is 6.35. The van der Waals surface area contributed by atoms with E-state index >= 15 is 0 Å². The number of carbonyl (C=O) groups is 1. The number of rotatable bonds is 6. The molecule has 0 aromatic heterocycles. The van der Waals surface area contributed by atoms with E-state index in [0.29, 0.717) is 5.56 Å². The van der Waals surface area contributed by atoms with Gasteiger partial charge in [0.25, 0.3) is 0 Å². The molecule has 0 fully saturated rings. The van der Waals surface area contributed by atoms with Crippen LogP contribution in [0.5, 0.6) is 5.75 Å². The fourth-order valence-electron chi connectivity index (χ4n) is 2.34. The van der Waals surface area contributed by atoms with Gasteiger partial charge in [-0.1, -0.05) is 6.07 Å². The van der Waals surface area contributed by atoms with E-state index in [1.165, 1.54) is 26.2 Å². The standard InChI is InChI=1S/C18H19F3N2O4S/c1-11-4-9-15(27-3)16(10-11)28(25,26)23-12(2)17(24)22-14-7-5-13(6-8-14)18(19,20)21/h4-10,12,23H,1-3H3,(H,22,24)/t12-/m1/s1. The first-order chi connectivity index (χ1) is 12.9. The van der Waals surface area contributed by atoms with Crippen LogP contribution in [-0.4, -0.2) is 27.5 Å². The molecule has 0 spiro atoms. The van der Waals surface area contributed by atoms with Gasteiger partial charge in [-0.25, -0.2) is 8.42 Å². The quantitative estimate of drug-likeness (QED) is 0.757. The molecule has 0 radical (unpaired) electrons. The minimum absolute atomic E-state index is 0.109. The van der Waals surface area contributed by atoms with Crippen molar-refractivity contribution >= 4 is 21.6 Å². The molecule has 0 saturated carbocycles. The topological polar surface area (TPSA) is 84.5 Å². The summed E-state index contributed by atoms with van der Waals surface area (Å²) in [7, 11) is -2.75. The number of amides is 1. The lowest BCUT2D eigenvalue weighted by Gasteiger charge is -2.16. The molecule has 0 aliphatic rings. The van der Waals surface area contributed by atoms with Crippen LogP contribution >= 0.6 is 0 Å². The zero-order chi connectivity index (χ0) is 21.1. The third-order valence-corrected chi connectivity index (χ3v) is 5.38. The van der Waals surface area contributed by atoms with Crippen LogP contribution < -0.4 is 14.8 Å². The Morgan fingerprint density at radius 2 is 1.71 bits per heavy atom. The number of aryl methyl sites for hydroxylation is 1. The average Bonchev–Trinajstić information content (AvgIpc) is 2.61. The van der Waals surface area contributed by atoms with Crippen molar-refractivity contribution in [2.24, 2.45) is 0 Å². The van der Waals surface area contributed by atoms with Crippen molar-refractivity contribution in [3.63, 3.8) is 0 Å². The first-order valence-electron chi connectivity index (χ1n) is 8.09. The molecule has 0 unspecified atom stereocenters. The van der Waals surface area contributed by atoms with Gasteiger partial charge >= 0.3 is 6.18 Å². The van der Waals surface area contributed by atoms with Gasteiger partial charge in [0.2, 0.25) is 15.9 Å². The molecule has 0 saturated heterocycles. The third-order valence-electron chi connectivity index (χ3n) is 3.81. The van der Waals surface area contributed by atoms with Gasteiger partial charge in [-0.05, 0) is 55.8 Å². The van der Waals surface area contributed by atoms with E-state index in [0.717, 1.165) is 24.3 Å². The van der Waals surface area contributed by atoms with E-state index in [1.54, 1.807) is 13.0 Å². The van der Waals surface area contributed by atoms with E-state index in [2.05, 4.69) is 10.0 Å². The summed E-state index contributed by atoms with van der Waals surface area (Å²) in [6, 6.07) is 7.22. The maximum Gasteiger partial charge on any atom is 0.416 e. The molecule has 2 aromatic rings. The minimum Gasteiger partial charge on any atom is -0.495 e. The number of benzene rings is 2. The van der Waals surface area contributed by atoms with Crippen molar-refractivity contribution in [2.45, 2.75) is 31.0 Å². The lowest BCUT2D eigenvalue weighted by Crippen LogP contribution is -2.41. The summed E-state index contributed by atoms with van der Waals surface area (Å²) in [5.41, 5.74) is -0.0639. The largest absolute Gasteiger partial charge is 0.495 e. The highest BCUT2D eigenvalue weighted by Gasteiger charge is 2.30. The van der Waals surface area contributed by atoms with E-state index in [-0.39, 0.29) is 16.3 Å². The highest BCUT2D eigenvalue weighted by molar-refractivity contribution is 7.89. The smallest absolute Gasteiger partial charge is 0.416 e. The van der Waals surface area contributed by atoms with Crippen LogP contribution in [0.1, 0.15) is 18.1 Å². The Morgan fingerprint density at radius 3 is 2.25 bits per heavy atom. The second-order valence-electron chi connectivity index (χ2n) is 6.06. The average molecular weight is 416 g/mol. The summed E-state index contributed by atoms with van der Waals surface area (Å²) in [6.07, 6.45) is -4.49. The molecule has 10 heteroatoms. The number of nitrogens with one attached hydrogen (secondary N) is 2. The van der Waals surface area contributed by atoms with Gasteiger partial charge in [0.15, 0.2) is 0 Å². The second-order valence-corrected chi connectivity index (χ2v) is 7.74. The first kappa shape index (κ1) is 21.7. The summed E-state index contributed by atoms with van der Waals surface area (Å²) >= 11 is 0. The van der Waals surface area contributed by atoms with Gasteiger partial charge < -0.3 is 10.1 Å². The number of carbonyl (C=O) groups excluding carboxylic acids is 1. The van der Waals surface area contributed by atoms with Crippen molar-refractivity contribution in [3.05, 3.63) is 53.6 Å². The number of sulfonamides is 1. The molecule has 152 valence electrons. The molecule has 1 amide bonds. The van der Waals surface area contributed by atoms with Crippen LogP contribution in [0.25, 0.3) is 0 Å². The second kappa shape index (κ2) is 8.19. The molecule has 2 N–H and O–H groups in total. The monoisotopic (exact) mass is 416 g/mol. The fraction of sp³-hybridized carbons (Fsp3) is 0.278. The fourth-order valence-corrected chi connectivity index (χ4v) is 3.79. The molecule has 0 aliphatic carbocycles. The van der Waals surface area contributed by atoms with Crippen molar-refractivity contribution in [2.75, 3.05) is 12.4 Å². The molecule has 0 aliphatic heterocycles. The molecule has 2 aromatic carbocycles. The highest BCUT2D eigenvalue weighted by Crippen LogP contribution is 2.30. The normalized spacial score (nSPS) is 13.1. The van der Waals surface area contributed by atoms with Crippen molar-refractivity contribution in [3.8, 4) is 5.75 Å². The van der Waals surface area contributed by atoms with Gasteiger partial charge in [-0.3, -0.25) is 4.79 Å². The highest BCUT2D eigenvalue weighted by atomic mass is 32.2. The molecular formula is C18H19F3N2O4S. The van der Waals surface area contributed by atoms with Gasteiger partial charge in [0.05, 0.1) is 18.7 Å². The van der Waals surface area contributed by atoms with E-state index in [4.69, 9.17) is 4.74 Å². The van der Waals surface area contributed by atoms with Gasteiger partial charge in [0, 0.05) is 5.69 Å². The molecule has 0 bridgehead atoms. The number of methoxy groups -OCH3 is 1. The number of ether oxygens (including phenoxy) is 1. The first-order valence-corrected chi connectivity index (χ1v) is 9.57. The lowest BCUT2D eigenvalue weighted by atomic mass is 10.2. The molecule has 28 heavy (non-hydrogen) atoms. The third kappa shape index (κ3) is 5.23. The van der Waals surface area contributed by atoms with E-state index < -0.39 is 33.7 Å². The summed E-state index contributed by atoms with van der Waals surface area (Å²) < 4.78 is 70.2. The van der Waals surface area contributed by atoms with Crippen molar-refractivity contribution in [1.29, 1.82) is 0 Å². The van der Waals surface area contributed by atoms with Crippen LogP contribution in [0.4, 0.5) is 18.9 Å². The Bertz CT molecular complexity index is 958. The maximum absolute atomic E-state index is 12.6. The van der Waals surface area contributed by atoms with Gasteiger partial charge in [0.1, 0.15) is 10.6 Å². The Labute approximate surface area is 160 Å². The van der Waals surface area contributed by atoms with Crippen LogP contribution in [0.2, 0.25) is 0 Å². The Hall–Kier alpha value is -2.59. The predicted octanol–water partition coefficient (Wildman–Crippen LogP) is 3.33. The van der Waals surface area contributed by atoms with Crippen LogP contribution in [-0.2, 0) is 21.0 Å². The maximum atomic E-state index is 12.6.